The highest BCUT2D eigenvalue weighted by Crippen LogP contribution is 2.34. The lowest BCUT2D eigenvalue weighted by Gasteiger charge is -2.36. The Balaban J connectivity index is 1.67. The molecule has 2 fully saturated rings. The number of rotatable bonds is 4. The molecule has 2 aliphatic rings. The molecule has 7 nitrogen and oxygen atoms in total. The van der Waals surface area contributed by atoms with Crippen molar-refractivity contribution in [1.29, 1.82) is 0 Å². The largest absolute Gasteiger partial charge is 0.376 e. The van der Waals surface area contributed by atoms with Gasteiger partial charge in [-0.3, -0.25) is 4.79 Å². The number of carbonyl (C=O) groups excluding carboxylic acids is 1. The van der Waals surface area contributed by atoms with Crippen molar-refractivity contribution in [3.63, 3.8) is 0 Å². The lowest BCUT2D eigenvalue weighted by atomic mass is 9.84. The van der Waals surface area contributed by atoms with Gasteiger partial charge in [0.1, 0.15) is 5.69 Å². The van der Waals surface area contributed by atoms with Crippen LogP contribution in [0.5, 0.6) is 0 Å². The Morgan fingerprint density at radius 2 is 2.26 bits per heavy atom. The van der Waals surface area contributed by atoms with E-state index in [4.69, 9.17) is 4.74 Å². The number of fused-ring (bicyclic) bond motifs is 1. The van der Waals surface area contributed by atoms with E-state index in [1.807, 2.05) is 34.8 Å². The molecule has 1 aromatic heterocycles. The Hall–Kier alpha value is -1.38. The molecule has 1 amide bonds. The second kappa shape index (κ2) is 6.26. The van der Waals surface area contributed by atoms with Crippen LogP contribution in [0.4, 0.5) is 0 Å². The van der Waals surface area contributed by atoms with Gasteiger partial charge in [0.05, 0.1) is 19.0 Å². The van der Waals surface area contributed by atoms with Gasteiger partial charge in [0.2, 0.25) is 10.0 Å². The summed E-state index contributed by atoms with van der Waals surface area (Å²) >= 11 is 0. The van der Waals surface area contributed by atoms with Gasteiger partial charge >= 0.3 is 0 Å². The summed E-state index contributed by atoms with van der Waals surface area (Å²) in [5.74, 6) is 0.610. The molecule has 3 heterocycles. The van der Waals surface area contributed by atoms with Crippen LogP contribution >= 0.6 is 0 Å². The highest BCUT2D eigenvalue weighted by Gasteiger charge is 2.42. The Kier molecular flexibility index (Phi) is 4.48. The first-order valence-electron chi connectivity index (χ1n) is 7.82. The van der Waals surface area contributed by atoms with Gasteiger partial charge < -0.3 is 14.2 Å². The van der Waals surface area contributed by atoms with Gasteiger partial charge in [-0.1, -0.05) is 0 Å². The fourth-order valence-corrected chi connectivity index (χ4v) is 3.97. The minimum absolute atomic E-state index is 0.0256. The zero-order chi connectivity index (χ0) is 16.6. The lowest BCUT2D eigenvalue weighted by molar-refractivity contribution is 0.0555. The molecule has 0 radical (unpaired) electrons. The summed E-state index contributed by atoms with van der Waals surface area (Å²) < 4.78 is 32.7. The number of carbonyl (C=O) groups is 1. The molecule has 2 saturated heterocycles. The van der Waals surface area contributed by atoms with E-state index in [-0.39, 0.29) is 24.5 Å². The van der Waals surface area contributed by atoms with Gasteiger partial charge in [0.25, 0.3) is 5.91 Å². The van der Waals surface area contributed by atoms with Crippen LogP contribution in [0.2, 0.25) is 0 Å². The zero-order valence-electron chi connectivity index (χ0n) is 13.4. The standard InChI is InChI=1S/C15H23N3O4S/c1-17-6-3-4-13(17)15(19)18-7-5-11-10-22-14(12(11)9-18)8-16-23(2,20)21/h3-4,6,11-12,14,16H,5,7-10H2,1-2H3/t11-,12-,14+/m0/s1. The molecule has 2 aliphatic heterocycles. The van der Waals surface area contributed by atoms with Gasteiger partial charge in [-0.2, -0.15) is 0 Å². The fourth-order valence-electron chi connectivity index (χ4n) is 3.50. The highest BCUT2D eigenvalue weighted by atomic mass is 32.2. The van der Waals surface area contributed by atoms with Crippen molar-refractivity contribution in [3.8, 4) is 0 Å². The molecule has 8 heteroatoms. The second-order valence-corrected chi connectivity index (χ2v) is 8.29. The first kappa shape index (κ1) is 16.5. The van der Waals surface area contributed by atoms with E-state index in [2.05, 4.69) is 4.72 Å². The Labute approximate surface area is 136 Å². The van der Waals surface area contributed by atoms with Crippen LogP contribution in [0.15, 0.2) is 18.3 Å². The van der Waals surface area contributed by atoms with Crippen LogP contribution in [0.25, 0.3) is 0 Å². The van der Waals surface area contributed by atoms with E-state index in [1.165, 1.54) is 0 Å². The molecule has 0 aromatic carbocycles. The molecule has 0 aliphatic carbocycles. The summed E-state index contributed by atoms with van der Waals surface area (Å²) in [4.78, 5) is 14.5. The summed E-state index contributed by atoms with van der Waals surface area (Å²) in [6.07, 6.45) is 3.73. The lowest BCUT2D eigenvalue weighted by Crippen LogP contribution is -2.47. The van der Waals surface area contributed by atoms with Gasteiger partial charge in [-0.05, 0) is 24.5 Å². The van der Waals surface area contributed by atoms with Crippen molar-refractivity contribution >= 4 is 15.9 Å². The number of likely N-dealkylation sites (tertiary alicyclic amines) is 1. The maximum Gasteiger partial charge on any atom is 0.270 e. The number of aryl methyl sites for hydroxylation is 1. The average molecular weight is 341 g/mol. The molecule has 1 aromatic rings. The van der Waals surface area contributed by atoms with Crippen molar-refractivity contribution in [2.45, 2.75) is 12.5 Å². The third kappa shape index (κ3) is 3.59. The molecular formula is C15H23N3O4S. The predicted molar refractivity (Wildman–Crippen MR) is 85.5 cm³/mol. The van der Waals surface area contributed by atoms with E-state index < -0.39 is 10.0 Å². The van der Waals surface area contributed by atoms with Crippen LogP contribution in [-0.4, -0.2) is 62.4 Å². The van der Waals surface area contributed by atoms with Gasteiger partial charge in [-0.25, -0.2) is 13.1 Å². The van der Waals surface area contributed by atoms with Crippen LogP contribution in [-0.2, 0) is 21.8 Å². The molecule has 0 unspecified atom stereocenters. The molecule has 1 N–H and O–H groups in total. The molecule has 23 heavy (non-hydrogen) atoms. The van der Waals surface area contributed by atoms with Crippen LogP contribution < -0.4 is 4.72 Å². The zero-order valence-corrected chi connectivity index (χ0v) is 14.3. The summed E-state index contributed by atoms with van der Waals surface area (Å²) in [5.41, 5.74) is 0.674. The average Bonchev–Trinajstić information content (AvgIpc) is 3.09. The van der Waals surface area contributed by atoms with Gasteiger partial charge in [-0.15, -0.1) is 0 Å². The van der Waals surface area contributed by atoms with Crippen LogP contribution in [0, 0.1) is 11.8 Å². The predicted octanol–water partition coefficient (Wildman–Crippen LogP) is 0.0514. The van der Waals surface area contributed by atoms with E-state index in [0.29, 0.717) is 24.8 Å². The smallest absolute Gasteiger partial charge is 0.270 e. The quantitative estimate of drug-likeness (QED) is 0.839. The highest BCUT2D eigenvalue weighted by molar-refractivity contribution is 7.88. The van der Waals surface area contributed by atoms with E-state index >= 15 is 0 Å². The third-order valence-corrected chi connectivity index (χ3v) is 5.50. The number of hydrogen-bond acceptors (Lipinski definition) is 4. The monoisotopic (exact) mass is 341 g/mol. The van der Waals surface area contributed by atoms with Crippen molar-refractivity contribution in [1.82, 2.24) is 14.2 Å². The normalized spacial score (nSPS) is 27.9. The number of ether oxygens (including phenoxy) is 1. The Morgan fingerprint density at radius 3 is 2.91 bits per heavy atom. The number of piperidine rings is 1. The molecule has 0 bridgehead atoms. The first-order chi connectivity index (χ1) is 10.8. The molecule has 0 saturated carbocycles. The van der Waals surface area contributed by atoms with E-state index in [9.17, 15) is 13.2 Å². The fraction of sp³-hybridized carbons (Fsp3) is 0.667. The van der Waals surface area contributed by atoms with Crippen molar-refractivity contribution in [2.75, 3.05) is 32.5 Å². The number of aromatic nitrogens is 1. The first-order valence-corrected chi connectivity index (χ1v) is 9.71. The van der Waals surface area contributed by atoms with E-state index in [0.717, 1.165) is 19.2 Å². The molecule has 128 valence electrons. The minimum Gasteiger partial charge on any atom is -0.376 e. The molecular weight excluding hydrogens is 318 g/mol. The van der Waals surface area contributed by atoms with Gasteiger partial charge in [0.15, 0.2) is 0 Å². The number of sulfonamides is 1. The van der Waals surface area contributed by atoms with Gasteiger partial charge in [0, 0.05) is 38.8 Å². The summed E-state index contributed by atoms with van der Waals surface area (Å²) in [6, 6.07) is 3.68. The van der Waals surface area contributed by atoms with Crippen molar-refractivity contribution < 1.29 is 17.9 Å². The molecule has 3 rings (SSSR count). The molecule has 0 spiro atoms. The SMILES string of the molecule is Cn1cccc1C(=O)N1CC[C@H]2CO[C@H](CNS(C)(=O)=O)[C@H]2C1. The molecule has 3 atom stereocenters. The minimum atomic E-state index is -3.23. The second-order valence-electron chi connectivity index (χ2n) is 6.46. The van der Waals surface area contributed by atoms with Crippen molar-refractivity contribution in [2.24, 2.45) is 18.9 Å². The number of hydrogen-bond donors (Lipinski definition) is 1. The Morgan fingerprint density at radius 1 is 1.48 bits per heavy atom. The number of nitrogens with zero attached hydrogens (tertiary/aromatic N) is 2. The number of nitrogens with one attached hydrogen (secondary N) is 1. The van der Waals surface area contributed by atoms with Crippen LogP contribution in [0.3, 0.4) is 0 Å². The summed E-state index contributed by atoms with van der Waals surface area (Å²) in [5, 5.41) is 0. The maximum atomic E-state index is 12.6. The maximum absolute atomic E-state index is 12.6. The van der Waals surface area contributed by atoms with Crippen molar-refractivity contribution in [3.05, 3.63) is 24.0 Å². The Bertz CT molecular complexity index is 685. The van der Waals surface area contributed by atoms with Crippen LogP contribution in [0.1, 0.15) is 16.9 Å². The van der Waals surface area contributed by atoms with E-state index in [1.54, 1.807) is 0 Å². The summed E-state index contributed by atoms with van der Waals surface area (Å²) in [6.45, 7) is 2.25. The topological polar surface area (TPSA) is 80.6 Å². The third-order valence-electron chi connectivity index (χ3n) is 4.81. The summed E-state index contributed by atoms with van der Waals surface area (Å²) in [7, 11) is -1.38. The number of amides is 1.